The van der Waals surface area contributed by atoms with Crippen LogP contribution in [0.2, 0.25) is 0 Å². The van der Waals surface area contributed by atoms with Gasteiger partial charge in [-0.1, -0.05) is 11.6 Å². The van der Waals surface area contributed by atoms with Crippen LogP contribution in [-0.2, 0) is 17.7 Å². The van der Waals surface area contributed by atoms with Crippen molar-refractivity contribution in [2.75, 3.05) is 20.7 Å². The number of nitrogens with zero attached hydrogens (tertiary/aromatic N) is 2. The Labute approximate surface area is 145 Å². The number of esters is 1. The van der Waals surface area contributed by atoms with E-state index >= 15 is 0 Å². The first-order valence-corrected chi connectivity index (χ1v) is 8.56. The van der Waals surface area contributed by atoms with Crippen LogP contribution in [0, 0.1) is 6.92 Å². The lowest BCUT2D eigenvalue weighted by molar-refractivity contribution is 0.0600. The van der Waals surface area contributed by atoms with Gasteiger partial charge in [0.2, 0.25) is 0 Å². The molecule has 0 amide bonds. The summed E-state index contributed by atoms with van der Waals surface area (Å²) in [5.74, 6) is -0.178. The van der Waals surface area contributed by atoms with Crippen molar-refractivity contribution in [1.82, 2.24) is 4.90 Å². The number of carbonyl (C=O) groups is 1. The number of aliphatic imine (C=N–C) groups is 1. The van der Waals surface area contributed by atoms with Gasteiger partial charge in [0.25, 0.3) is 0 Å². The van der Waals surface area contributed by atoms with Crippen LogP contribution in [0.3, 0.4) is 0 Å². The predicted molar refractivity (Wildman–Crippen MR) is 95.8 cm³/mol. The number of benzene rings is 1. The molecule has 0 fully saturated rings. The highest BCUT2D eigenvalue weighted by Crippen LogP contribution is 2.39. The van der Waals surface area contributed by atoms with E-state index in [2.05, 4.69) is 16.9 Å². The molecule has 2 aromatic rings. The Hall–Kier alpha value is -2.18. The number of phenols is 1. The highest BCUT2D eigenvalue weighted by Gasteiger charge is 2.27. The molecule has 0 atom stereocenters. The number of methoxy groups -OCH3 is 1. The van der Waals surface area contributed by atoms with Crippen LogP contribution in [0.4, 0.5) is 5.00 Å². The van der Waals surface area contributed by atoms with E-state index < -0.39 is 0 Å². The molecule has 24 heavy (non-hydrogen) atoms. The van der Waals surface area contributed by atoms with Crippen LogP contribution in [0.15, 0.2) is 23.2 Å². The van der Waals surface area contributed by atoms with E-state index in [1.807, 2.05) is 19.1 Å². The Morgan fingerprint density at radius 1 is 1.46 bits per heavy atom. The number of phenolic OH excluding ortho intramolecular Hbond substituents is 1. The number of rotatable bonds is 3. The number of hydrogen-bond acceptors (Lipinski definition) is 6. The summed E-state index contributed by atoms with van der Waals surface area (Å²) in [6, 6.07) is 5.34. The van der Waals surface area contributed by atoms with Crippen molar-refractivity contribution in [3.63, 3.8) is 0 Å². The molecule has 5 nitrogen and oxygen atoms in total. The number of thiophene rings is 1. The molecule has 1 N–H and O–H groups in total. The van der Waals surface area contributed by atoms with Crippen molar-refractivity contribution >= 4 is 28.5 Å². The first-order valence-electron chi connectivity index (χ1n) is 7.74. The molecule has 1 aromatic heterocycles. The van der Waals surface area contributed by atoms with E-state index in [1.165, 1.54) is 18.4 Å². The molecule has 1 aliphatic heterocycles. The highest BCUT2D eigenvalue weighted by atomic mass is 32.1. The van der Waals surface area contributed by atoms with Crippen molar-refractivity contribution in [2.24, 2.45) is 4.99 Å². The molecule has 2 heterocycles. The van der Waals surface area contributed by atoms with Gasteiger partial charge in [0, 0.05) is 29.7 Å². The standard InChI is InChI=1S/C18H20N2O3S/c1-11-4-5-14(21)12(8-11)9-19-17-16(18(22)23-3)13-6-7-20(2)10-15(13)24-17/h4-5,8-9,21H,6-7,10H2,1-3H3/b19-9+. The van der Waals surface area contributed by atoms with Gasteiger partial charge in [0.05, 0.1) is 12.7 Å². The van der Waals surface area contributed by atoms with Gasteiger partial charge in [-0.25, -0.2) is 9.79 Å². The number of aromatic hydroxyl groups is 1. The van der Waals surface area contributed by atoms with E-state index in [4.69, 9.17) is 4.74 Å². The van der Waals surface area contributed by atoms with Crippen LogP contribution >= 0.6 is 11.3 Å². The highest BCUT2D eigenvalue weighted by molar-refractivity contribution is 7.16. The minimum atomic E-state index is -0.349. The Morgan fingerprint density at radius 2 is 2.25 bits per heavy atom. The molecule has 3 rings (SSSR count). The normalized spacial score (nSPS) is 14.8. The van der Waals surface area contributed by atoms with Crippen molar-refractivity contribution in [1.29, 1.82) is 0 Å². The van der Waals surface area contributed by atoms with Gasteiger partial charge in [-0.3, -0.25) is 0 Å². The zero-order valence-electron chi connectivity index (χ0n) is 14.0. The third kappa shape index (κ3) is 3.20. The summed E-state index contributed by atoms with van der Waals surface area (Å²) in [7, 11) is 3.45. The first-order chi connectivity index (χ1) is 11.5. The smallest absolute Gasteiger partial charge is 0.341 e. The fourth-order valence-corrected chi connectivity index (χ4v) is 4.09. The SMILES string of the molecule is COC(=O)c1c(/N=C/c2cc(C)ccc2O)sc2c1CCN(C)C2. The average molecular weight is 344 g/mol. The van der Waals surface area contributed by atoms with Crippen molar-refractivity contribution in [3.05, 3.63) is 45.3 Å². The maximum atomic E-state index is 12.2. The Balaban J connectivity index is 2.02. The second-order valence-electron chi connectivity index (χ2n) is 5.98. The lowest BCUT2D eigenvalue weighted by Gasteiger charge is -2.22. The number of likely N-dealkylation sites (N-methyl/N-ethyl adjacent to an activating group) is 1. The number of ether oxygens (including phenoxy) is 1. The number of fused-ring (bicyclic) bond motifs is 1. The van der Waals surface area contributed by atoms with Crippen LogP contribution in [0.5, 0.6) is 5.75 Å². The van der Waals surface area contributed by atoms with Crippen LogP contribution in [0.1, 0.15) is 31.9 Å². The monoisotopic (exact) mass is 344 g/mol. The fourth-order valence-electron chi connectivity index (χ4n) is 2.83. The molecular formula is C18H20N2O3S. The summed E-state index contributed by atoms with van der Waals surface area (Å²) in [5.41, 5.74) is 3.28. The Morgan fingerprint density at radius 3 is 3.00 bits per heavy atom. The molecular weight excluding hydrogens is 324 g/mol. The summed E-state index contributed by atoms with van der Waals surface area (Å²) in [5, 5.41) is 10.6. The van der Waals surface area contributed by atoms with Crippen molar-refractivity contribution < 1.29 is 14.6 Å². The largest absolute Gasteiger partial charge is 0.507 e. The lowest BCUT2D eigenvalue weighted by Crippen LogP contribution is -2.26. The molecule has 0 unspecified atom stereocenters. The van der Waals surface area contributed by atoms with Gasteiger partial charge in [-0.05, 0) is 38.1 Å². The zero-order valence-corrected chi connectivity index (χ0v) is 14.8. The second-order valence-corrected chi connectivity index (χ2v) is 7.07. The Kier molecular flexibility index (Phi) is 4.69. The van der Waals surface area contributed by atoms with E-state index in [1.54, 1.807) is 12.3 Å². The lowest BCUT2D eigenvalue weighted by atomic mass is 10.0. The van der Waals surface area contributed by atoms with Crippen LogP contribution in [-0.4, -0.2) is 42.9 Å². The van der Waals surface area contributed by atoms with Gasteiger partial charge < -0.3 is 14.7 Å². The molecule has 0 aliphatic carbocycles. The maximum Gasteiger partial charge on any atom is 0.341 e. The van der Waals surface area contributed by atoms with E-state index in [0.717, 1.165) is 35.5 Å². The molecule has 6 heteroatoms. The number of carbonyl (C=O) groups excluding carboxylic acids is 1. The van der Waals surface area contributed by atoms with Gasteiger partial charge in [-0.2, -0.15) is 0 Å². The van der Waals surface area contributed by atoms with Crippen molar-refractivity contribution in [2.45, 2.75) is 19.9 Å². The molecule has 1 aromatic carbocycles. The Bertz CT molecular complexity index is 811. The zero-order chi connectivity index (χ0) is 17.3. The summed E-state index contributed by atoms with van der Waals surface area (Å²) >= 11 is 1.52. The van der Waals surface area contributed by atoms with Gasteiger partial charge >= 0.3 is 5.97 Å². The first kappa shape index (κ1) is 16.7. The molecule has 1 aliphatic rings. The molecule has 0 saturated heterocycles. The molecule has 0 radical (unpaired) electrons. The maximum absolute atomic E-state index is 12.2. The summed E-state index contributed by atoms with van der Waals surface area (Å²) in [6.45, 7) is 3.68. The summed E-state index contributed by atoms with van der Waals surface area (Å²) in [4.78, 5) is 20.1. The molecule has 0 spiro atoms. The quantitative estimate of drug-likeness (QED) is 0.685. The van der Waals surface area contributed by atoms with Crippen molar-refractivity contribution in [3.8, 4) is 5.75 Å². The van der Waals surface area contributed by atoms with E-state index in [9.17, 15) is 9.90 Å². The predicted octanol–water partition coefficient (Wildman–Crippen LogP) is 3.29. The second kappa shape index (κ2) is 6.75. The minimum Gasteiger partial charge on any atom is -0.507 e. The third-order valence-electron chi connectivity index (χ3n) is 4.12. The number of aryl methyl sites for hydroxylation is 1. The fraction of sp³-hybridized carbons (Fsp3) is 0.333. The van der Waals surface area contributed by atoms with Crippen LogP contribution < -0.4 is 0 Å². The summed E-state index contributed by atoms with van der Waals surface area (Å²) in [6.07, 6.45) is 2.42. The molecule has 0 bridgehead atoms. The molecule has 126 valence electrons. The van der Waals surface area contributed by atoms with Gasteiger partial charge in [0.1, 0.15) is 10.8 Å². The topological polar surface area (TPSA) is 62.1 Å². The van der Waals surface area contributed by atoms with Gasteiger partial charge in [-0.15, -0.1) is 11.3 Å². The van der Waals surface area contributed by atoms with Crippen LogP contribution in [0.25, 0.3) is 0 Å². The minimum absolute atomic E-state index is 0.171. The molecule has 0 saturated carbocycles. The van der Waals surface area contributed by atoms with Gasteiger partial charge in [0.15, 0.2) is 0 Å². The van der Waals surface area contributed by atoms with E-state index in [-0.39, 0.29) is 11.7 Å². The van der Waals surface area contributed by atoms with E-state index in [0.29, 0.717) is 16.1 Å². The summed E-state index contributed by atoms with van der Waals surface area (Å²) < 4.78 is 4.95. The number of hydrogen-bond donors (Lipinski definition) is 1. The third-order valence-corrected chi connectivity index (χ3v) is 5.25. The average Bonchev–Trinajstić information content (AvgIpc) is 2.92.